The molecular weight excluding hydrogens is 756 g/mol. The van der Waals surface area contributed by atoms with Crippen LogP contribution in [-0.2, 0) is 38.3 Å². The summed E-state index contributed by atoms with van der Waals surface area (Å²) in [6.07, 6.45) is 3.11. The zero-order valence-electron chi connectivity index (χ0n) is 32.3. The van der Waals surface area contributed by atoms with Crippen LogP contribution in [0.4, 0.5) is 4.79 Å². The van der Waals surface area contributed by atoms with E-state index in [9.17, 15) is 29.1 Å². The standard InChI is InChI=1S/C38H52N2O17/c1-36-14-12-25(41)20-24(36)9-10-26-27-13-15-38(37(27,2)21-28(42)33(26)36,57-32(44)7-6-18-55-40(49)50)31(43)22-53-35(46)56-29-11-8-23(19-30(29)51-3)34(45)52-16-4-5-17-54-39(47)48/h8,11,19-20,26-28,33,42,47-50H,4-7,9-10,12-18,21-22H2,1-3H3/t26?,27?,28-,33+,36-,37-,38-/m0/s1. The molecule has 3 saturated carbocycles. The smallest absolute Gasteiger partial charge is 0.493 e. The normalized spacial score (nSPS) is 29.2. The van der Waals surface area contributed by atoms with Crippen molar-refractivity contribution in [3.05, 3.63) is 35.4 Å². The van der Waals surface area contributed by atoms with Gasteiger partial charge in [0.05, 0.1) is 49.4 Å². The predicted molar refractivity (Wildman–Crippen MR) is 188 cm³/mol. The Kier molecular flexibility index (Phi) is 14.4. The van der Waals surface area contributed by atoms with Crippen LogP contribution in [0.25, 0.3) is 0 Å². The molecule has 4 aliphatic carbocycles. The van der Waals surface area contributed by atoms with E-state index in [-0.39, 0.29) is 86.1 Å². The molecule has 0 spiro atoms. The lowest BCUT2D eigenvalue weighted by atomic mass is 9.45. The van der Waals surface area contributed by atoms with Crippen LogP contribution in [0.1, 0.15) is 94.8 Å². The molecule has 2 unspecified atom stereocenters. The van der Waals surface area contributed by atoms with Gasteiger partial charge in [-0.1, -0.05) is 19.4 Å². The quantitative estimate of drug-likeness (QED) is 0.0455. The van der Waals surface area contributed by atoms with Gasteiger partial charge in [0.1, 0.15) is 0 Å². The number of allylic oxidation sites excluding steroid dienone is 1. The van der Waals surface area contributed by atoms with Crippen molar-refractivity contribution >= 4 is 29.7 Å². The van der Waals surface area contributed by atoms with Crippen LogP contribution in [0.15, 0.2) is 29.8 Å². The molecule has 19 heteroatoms. The summed E-state index contributed by atoms with van der Waals surface area (Å²) in [7, 11) is 1.28. The second-order valence-electron chi connectivity index (χ2n) is 15.5. The van der Waals surface area contributed by atoms with Gasteiger partial charge in [0, 0.05) is 18.3 Å². The number of ether oxygens (including phenoxy) is 5. The molecule has 0 aliphatic heterocycles. The van der Waals surface area contributed by atoms with Crippen LogP contribution >= 0.6 is 0 Å². The van der Waals surface area contributed by atoms with Gasteiger partial charge in [0.25, 0.3) is 0 Å². The lowest BCUT2D eigenvalue weighted by molar-refractivity contribution is -0.492. The van der Waals surface area contributed by atoms with Crippen molar-refractivity contribution in [2.45, 2.75) is 96.2 Å². The number of carbonyl (C=O) groups is 5. The van der Waals surface area contributed by atoms with E-state index < -0.39 is 63.8 Å². The minimum absolute atomic E-state index is 0.0111. The molecule has 0 aromatic heterocycles. The zero-order chi connectivity index (χ0) is 41.5. The summed E-state index contributed by atoms with van der Waals surface area (Å²) < 4.78 is 27.3. The van der Waals surface area contributed by atoms with Gasteiger partial charge in [0.15, 0.2) is 29.5 Å². The maximum absolute atomic E-state index is 14.4. The molecule has 57 heavy (non-hydrogen) atoms. The fraction of sp³-hybridized carbons (Fsp3) is 0.658. The van der Waals surface area contributed by atoms with E-state index in [1.54, 1.807) is 6.08 Å². The fourth-order valence-electron chi connectivity index (χ4n) is 9.80. The molecule has 7 atom stereocenters. The van der Waals surface area contributed by atoms with Crippen LogP contribution in [0.5, 0.6) is 11.5 Å². The van der Waals surface area contributed by atoms with Crippen molar-refractivity contribution in [3.8, 4) is 11.5 Å². The zero-order valence-corrected chi connectivity index (χ0v) is 32.3. The number of benzene rings is 1. The van der Waals surface area contributed by atoms with Gasteiger partial charge in [-0.15, -0.1) is 0 Å². The van der Waals surface area contributed by atoms with E-state index >= 15 is 0 Å². The highest BCUT2D eigenvalue weighted by Gasteiger charge is 2.70. The van der Waals surface area contributed by atoms with Crippen LogP contribution < -0.4 is 9.47 Å². The summed E-state index contributed by atoms with van der Waals surface area (Å²) >= 11 is 0. The predicted octanol–water partition coefficient (Wildman–Crippen LogP) is 4.31. The average Bonchev–Trinajstić information content (AvgIpc) is 3.45. The van der Waals surface area contributed by atoms with Gasteiger partial charge in [0.2, 0.25) is 5.78 Å². The van der Waals surface area contributed by atoms with E-state index in [2.05, 4.69) is 16.6 Å². The number of rotatable bonds is 18. The summed E-state index contributed by atoms with van der Waals surface area (Å²) in [5, 5.41) is 45.8. The van der Waals surface area contributed by atoms with Gasteiger partial charge < -0.3 is 28.8 Å². The number of aliphatic hydroxyl groups excluding tert-OH is 1. The van der Waals surface area contributed by atoms with Crippen LogP contribution in [-0.4, -0.2) is 112 Å². The third-order valence-electron chi connectivity index (χ3n) is 12.4. The maximum atomic E-state index is 14.4. The van der Waals surface area contributed by atoms with Crippen LogP contribution in [0, 0.1) is 28.6 Å². The largest absolute Gasteiger partial charge is 0.514 e. The number of nitrogens with zero attached hydrogens (tertiary/aromatic N) is 2. The molecule has 0 bridgehead atoms. The second-order valence-corrected chi connectivity index (χ2v) is 15.5. The van der Waals surface area contributed by atoms with Crippen molar-refractivity contribution in [3.63, 3.8) is 0 Å². The number of methoxy groups -OCH3 is 1. The van der Waals surface area contributed by atoms with E-state index in [4.69, 9.17) is 44.5 Å². The van der Waals surface area contributed by atoms with Gasteiger partial charge >= 0.3 is 18.1 Å². The first-order valence-corrected chi connectivity index (χ1v) is 19.0. The molecule has 316 valence electrons. The van der Waals surface area contributed by atoms with Crippen molar-refractivity contribution in [1.29, 1.82) is 0 Å². The third kappa shape index (κ3) is 9.64. The fourth-order valence-corrected chi connectivity index (χ4v) is 9.80. The summed E-state index contributed by atoms with van der Waals surface area (Å²) in [6, 6.07) is 3.88. The Hall–Kier alpha value is -4.05. The molecule has 19 nitrogen and oxygen atoms in total. The molecule has 0 saturated heterocycles. The molecule has 0 amide bonds. The first kappa shape index (κ1) is 44.1. The summed E-state index contributed by atoms with van der Waals surface area (Å²) in [6.45, 7) is 2.84. The van der Waals surface area contributed by atoms with E-state index in [0.29, 0.717) is 44.9 Å². The number of unbranched alkanes of at least 4 members (excludes halogenated alkanes) is 1. The molecule has 0 radical (unpaired) electrons. The second kappa shape index (κ2) is 18.7. The van der Waals surface area contributed by atoms with E-state index in [0.717, 1.165) is 5.57 Å². The molecule has 1 aromatic rings. The number of Topliss-reactive ketones (excluding diaryl/α,β-unsaturated/α-hetero) is 1. The molecular formula is C38H52N2O17. The molecule has 3 fully saturated rings. The van der Waals surface area contributed by atoms with Gasteiger partial charge in [-0.3, -0.25) is 44.9 Å². The minimum atomic E-state index is -1.80. The van der Waals surface area contributed by atoms with E-state index in [1.165, 1.54) is 25.3 Å². The van der Waals surface area contributed by atoms with E-state index in [1.807, 2.05) is 6.92 Å². The highest BCUT2D eigenvalue weighted by Crippen LogP contribution is 2.68. The lowest BCUT2D eigenvalue weighted by Crippen LogP contribution is -2.63. The number of esters is 2. The Morgan fingerprint density at radius 3 is 2.28 bits per heavy atom. The van der Waals surface area contributed by atoms with Crippen molar-refractivity contribution in [1.82, 2.24) is 10.8 Å². The van der Waals surface area contributed by atoms with Gasteiger partial charge in [-0.05, 0) is 105 Å². The van der Waals surface area contributed by atoms with Crippen molar-refractivity contribution < 1.29 is 83.3 Å². The van der Waals surface area contributed by atoms with Crippen LogP contribution in [0.3, 0.4) is 0 Å². The monoisotopic (exact) mass is 808 g/mol. The number of ketones is 2. The van der Waals surface area contributed by atoms with Gasteiger partial charge in [-0.25, -0.2) is 9.59 Å². The topological polar surface area (TPSA) is 258 Å². The Morgan fingerprint density at radius 1 is 0.877 bits per heavy atom. The lowest BCUT2D eigenvalue weighted by Gasteiger charge is -2.60. The van der Waals surface area contributed by atoms with Crippen LogP contribution in [0.2, 0.25) is 0 Å². The van der Waals surface area contributed by atoms with Gasteiger partial charge in [-0.2, -0.15) is 0 Å². The minimum Gasteiger partial charge on any atom is -0.493 e. The Balaban J connectivity index is 1.28. The Labute approximate surface area is 328 Å². The first-order valence-electron chi connectivity index (χ1n) is 19.0. The molecule has 5 rings (SSSR count). The Bertz CT molecular complexity index is 1680. The summed E-state index contributed by atoms with van der Waals surface area (Å²) in [5.41, 5.74) is -2.15. The number of hydrogen-bond acceptors (Lipinski definition) is 19. The molecule has 4 aliphatic rings. The molecule has 5 N–H and O–H groups in total. The number of aliphatic hydroxyl groups is 1. The summed E-state index contributed by atoms with van der Waals surface area (Å²) in [4.78, 5) is 74.7. The highest BCUT2D eigenvalue weighted by atomic mass is 17.1. The first-order chi connectivity index (χ1) is 27.0. The van der Waals surface area contributed by atoms with Crippen molar-refractivity contribution in [2.24, 2.45) is 28.6 Å². The maximum Gasteiger partial charge on any atom is 0.514 e. The highest BCUT2D eigenvalue weighted by molar-refractivity contribution is 5.94. The third-order valence-corrected chi connectivity index (χ3v) is 12.4. The Morgan fingerprint density at radius 2 is 1.58 bits per heavy atom. The SMILES string of the molecule is COc1cc(C(=O)OCCCCON(O)O)ccc1OC(=O)OCC(=O)[C@@]1(OC(=O)CCCON(O)O)CCC2C3CCC4=CC(=O)CC[C@]4(C)[C@H]3[C@@H](O)C[C@@]21C. The van der Waals surface area contributed by atoms with Crippen molar-refractivity contribution in [2.75, 3.05) is 33.5 Å². The molecule has 0 heterocycles. The number of fused-ring (bicyclic) bond motifs is 5. The number of hydrogen-bond donors (Lipinski definition) is 5. The number of carbonyl (C=O) groups excluding carboxylic acids is 5. The average molecular weight is 809 g/mol. The molecule has 1 aromatic carbocycles. The summed E-state index contributed by atoms with van der Waals surface area (Å²) in [5.74, 6) is -2.63.